The van der Waals surface area contributed by atoms with Crippen LogP contribution in [0.3, 0.4) is 0 Å². The molecule has 0 amide bonds. The van der Waals surface area contributed by atoms with Crippen molar-refractivity contribution >= 4 is 12.2 Å². The smallest absolute Gasteiger partial charge is 0.272 e. The van der Waals surface area contributed by atoms with E-state index in [-0.39, 0.29) is 21.7 Å². The van der Waals surface area contributed by atoms with Crippen LogP contribution in [0.25, 0.3) is 12.2 Å². The Bertz CT molecular complexity index is 1230. The van der Waals surface area contributed by atoms with Crippen LogP contribution in [0, 0.1) is 11.6 Å². The van der Waals surface area contributed by atoms with Gasteiger partial charge in [-0.15, -0.1) is 0 Å². The highest BCUT2D eigenvalue weighted by Crippen LogP contribution is 2.25. The van der Waals surface area contributed by atoms with Gasteiger partial charge in [0.2, 0.25) is 0 Å². The highest BCUT2D eigenvalue weighted by Gasteiger charge is 2.21. The van der Waals surface area contributed by atoms with E-state index in [2.05, 4.69) is 15.0 Å². The van der Waals surface area contributed by atoms with Crippen molar-refractivity contribution in [3.63, 3.8) is 0 Å². The third kappa shape index (κ3) is 3.94. The van der Waals surface area contributed by atoms with E-state index in [4.69, 9.17) is 4.42 Å². The number of hydrogen-bond acceptors (Lipinski definition) is 4. The number of benzene rings is 1. The van der Waals surface area contributed by atoms with Gasteiger partial charge in [0.05, 0.1) is 0 Å². The molecule has 0 aliphatic heterocycles. The first-order chi connectivity index (χ1) is 12.6. The van der Waals surface area contributed by atoms with Crippen LogP contribution in [0.5, 0.6) is 0 Å². The fourth-order valence-electron chi connectivity index (χ4n) is 2.53. The minimum atomic E-state index is -0.718. The van der Waals surface area contributed by atoms with Crippen molar-refractivity contribution in [1.82, 2.24) is 15.0 Å². The summed E-state index contributed by atoms with van der Waals surface area (Å²) in [6, 6.07) is 2.83. The molecule has 0 radical (unpaired) electrons. The van der Waals surface area contributed by atoms with Crippen LogP contribution in [0.2, 0.25) is 0 Å². The second-order valence-electron chi connectivity index (χ2n) is 7.01. The van der Waals surface area contributed by atoms with Gasteiger partial charge in [0.1, 0.15) is 33.8 Å². The molecule has 0 bridgehead atoms. The molecule has 0 aliphatic carbocycles. The molecule has 0 spiro atoms. The molecule has 27 heavy (non-hydrogen) atoms. The third-order valence-corrected chi connectivity index (χ3v) is 3.80. The quantitative estimate of drug-likeness (QED) is 0.708. The first-order valence-electron chi connectivity index (χ1n) is 8.10. The van der Waals surface area contributed by atoms with Gasteiger partial charge >= 0.3 is 0 Å². The molecule has 6 nitrogen and oxygen atoms in total. The molecule has 3 rings (SSSR count). The second-order valence-corrected chi connectivity index (χ2v) is 7.01. The predicted molar refractivity (Wildman–Crippen MR) is 95.6 cm³/mol. The fraction of sp³-hybridized carbons (Fsp3) is 0.211. The Kier molecular flexibility index (Phi) is 4.65. The van der Waals surface area contributed by atoms with Crippen molar-refractivity contribution in [2.45, 2.75) is 26.2 Å². The monoisotopic (exact) mass is 373 g/mol. The van der Waals surface area contributed by atoms with Gasteiger partial charge in [0, 0.05) is 11.0 Å². The highest BCUT2D eigenvalue weighted by molar-refractivity contribution is 5.49. The lowest BCUT2D eigenvalue weighted by molar-refractivity contribution is 0.407. The summed E-state index contributed by atoms with van der Waals surface area (Å²) in [6.45, 7) is 5.76. The van der Waals surface area contributed by atoms with Crippen molar-refractivity contribution in [3.05, 3.63) is 84.7 Å². The lowest BCUT2D eigenvalue weighted by Crippen LogP contribution is -2.46. The Morgan fingerprint density at radius 3 is 2.30 bits per heavy atom. The Morgan fingerprint density at radius 2 is 1.67 bits per heavy atom. The van der Waals surface area contributed by atoms with E-state index in [0.717, 1.165) is 24.3 Å². The topological polar surface area (TPSA) is 91.8 Å². The summed E-state index contributed by atoms with van der Waals surface area (Å²) in [4.78, 5) is 33.5. The number of H-pyrrole nitrogens is 2. The Labute approximate surface area is 151 Å². The molecule has 2 heterocycles. The van der Waals surface area contributed by atoms with Gasteiger partial charge in [-0.3, -0.25) is 9.59 Å². The van der Waals surface area contributed by atoms with E-state index in [1.165, 1.54) is 12.5 Å². The Hall–Kier alpha value is -3.29. The van der Waals surface area contributed by atoms with E-state index in [1.807, 2.05) is 20.8 Å². The minimum absolute atomic E-state index is 0.0312. The third-order valence-electron chi connectivity index (χ3n) is 3.80. The van der Waals surface area contributed by atoms with Crippen LogP contribution in [-0.4, -0.2) is 15.0 Å². The van der Waals surface area contributed by atoms with Gasteiger partial charge in [0.25, 0.3) is 11.1 Å². The second kappa shape index (κ2) is 6.79. The van der Waals surface area contributed by atoms with Crippen LogP contribution in [0.4, 0.5) is 8.78 Å². The van der Waals surface area contributed by atoms with Crippen molar-refractivity contribution in [1.29, 1.82) is 0 Å². The number of nitrogens with one attached hydrogen (secondary N) is 2. The molecule has 0 unspecified atom stereocenters. The summed E-state index contributed by atoms with van der Waals surface area (Å²) in [7, 11) is 0. The number of nitrogens with zero attached hydrogens (tertiary/aromatic N) is 1. The molecule has 0 saturated carbocycles. The van der Waals surface area contributed by atoms with Crippen LogP contribution < -0.4 is 21.8 Å². The van der Waals surface area contributed by atoms with Gasteiger partial charge in [-0.1, -0.05) is 20.8 Å². The average Bonchev–Trinajstić information content (AvgIpc) is 3.04. The largest absolute Gasteiger partial charge is 0.447 e. The van der Waals surface area contributed by atoms with Gasteiger partial charge in [0.15, 0.2) is 6.39 Å². The summed E-state index contributed by atoms with van der Waals surface area (Å²) in [6.07, 6.45) is 3.73. The van der Waals surface area contributed by atoms with Gasteiger partial charge in [-0.2, -0.15) is 0 Å². The number of halogens is 2. The zero-order valence-electron chi connectivity index (χ0n) is 14.9. The lowest BCUT2D eigenvalue weighted by Gasteiger charge is -2.14. The molecule has 2 aromatic heterocycles. The van der Waals surface area contributed by atoms with E-state index in [0.29, 0.717) is 11.5 Å². The number of oxazole rings is 1. The van der Waals surface area contributed by atoms with E-state index >= 15 is 0 Å². The van der Waals surface area contributed by atoms with E-state index < -0.39 is 22.8 Å². The minimum Gasteiger partial charge on any atom is -0.447 e. The average molecular weight is 373 g/mol. The van der Waals surface area contributed by atoms with E-state index in [9.17, 15) is 18.4 Å². The van der Waals surface area contributed by atoms with E-state index in [1.54, 1.807) is 0 Å². The standard InChI is InChI=1S/C19H17F2N3O3/c1-19(2,3)16-13(22-9-27-16)8-15-18(26)23-14(17(25)24-15)7-10-6-11(20)4-5-12(10)21/h4-9H,1-3H3,(H,23,26)(H,24,25)/b14-7-,15-8-. The molecule has 8 heteroatoms. The fourth-order valence-corrected chi connectivity index (χ4v) is 2.53. The van der Waals surface area contributed by atoms with Crippen LogP contribution in [0.15, 0.2) is 38.6 Å². The number of aromatic nitrogens is 3. The number of aromatic amines is 2. The molecule has 140 valence electrons. The molecule has 0 aliphatic rings. The predicted octanol–water partition coefficient (Wildman–Crippen LogP) is 1.28. The maximum absolute atomic E-state index is 13.7. The van der Waals surface area contributed by atoms with Crippen molar-refractivity contribution < 1.29 is 13.2 Å². The molecule has 2 N–H and O–H groups in total. The van der Waals surface area contributed by atoms with Crippen LogP contribution >= 0.6 is 0 Å². The van der Waals surface area contributed by atoms with Crippen LogP contribution in [-0.2, 0) is 5.41 Å². The number of hydrogen-bond donors (Lipinski definition) is 2. The molecular formula is C19H17F2N3O3. The first kappa shape index (κ1) is 18.5. The highest BCUT2D eigenvalue weighted by atomic mass is 19.1. The summed E-state index contributed by atoms with van der Waals surface area (Å²) in [5.74, 6) is -0.822. The van der Waals surface area contributed by atoms with Gasteiger partial charge < -0.3 is 14.4 Å². The molecule has 3 aromatic rings. The Balaban J connectivity index is 2.16. The zero-order chi connectivity index (χ0) is 19.8. The zero-order valence-corrected chi connectivity index (χ0v) is 14.9. The molecule has 1 aromatic carbocycles. The first-order valence-corrected chi connectivity index (χ1v) is 8.10. The van der Waals surface area contributed by atoms with Crippen molar-refractivity contribution in [3.8, 4) is 0 Å². The van der Waals surface area contributed by atoms with Gasteiger partial charge in [-0.05, 0) is 30.4 Å². The number of rotatable bonds is 2. The maximum atomic E-state index is 13.7. The Morgan fingerprint density at radius 1 is 1.04 bits per heavy atom. The molecule has 0 fully saturated rings. The van der Waals surface area contributed by atoms with Crippen molar-refractivity contribution in [2.75, 3.05) is 0 Å². The maximum Gasteiger partial charge on any atom is 0.272 e. The summed E-state index contributed by atoms with van der Waals surface area (Å²) < 4.78 is 32.4. The summed E-state index contributed by atoms with van der Waals surface area (Å²) >= 11 is 0. The molecule has 0 saturated heterocycles. The summed E-state index contributed by atoms with van der Waals surface area (Å²) in [5, 5.41) is -0.228. The molecular weight excluding hydrogens is 356 g/mol. The summed E-state index contributed by atoms with van der Waals surface area (Å²) in [5.41, 5.74) is -1.36. The van der Waals surface area contributed by atoms with Crippen molar-refractivity contribution in [2.24, 2.45) is 0 Å². The van der Waals surface area contributed by atoms with Crippen LogP contribution in [0.1, 0.15) is 37.8 Å². The van der Waals surface area contributed by atoms with Gasteiger partial charge in [-0.25, -0.2) is 13.8 Å². The normalized spacial score (nSPS) is 13.4. The lowest BCUT2D eigenvalue weighted by atomic mass is 9.92. The molecule has 0 atom stereocenters. The SMILES string of the molecule is CC(C)(C)c1ocnc1/C=c1\[nH]c(=O)/c(=C/c2cc(F)ccc2F)[nH]c1=O.